The molecule has 0 atom stereocenters. The molecule has 0 saturated carbocycles. The minimum atomic E-state index is 0.338. The van der Waals surface area contributed by atoms with E-state index in [9.17, 15) is 0 Å². The number of hydrogen-bond donors (Lipinski definition) is 1. The summed E-state index contributed by atoms with van der Waals surface area (Å²) in [6.07, 6.45) is 2.18. The molecule has 1 aromatic heterocycles. The van der Waals surface area contributed by atoms with Gasteiger partial charge in [0.15, 0.2) is 11.6 Å². The van der Waals surface area contributed by atoms with Crippen LogP contribution in [0, 0.1) is 22.7 Å². The van der Waals surface area contributed by atoms with E-state index in [1.165, 1.54) is 6.33 Å². The second-order valence-electron chi connectivity index (χ2n) is 6.91. The van der Waals surface area contributed by atoms with Gasteiger partial charge in [-0.05, 0) is 24.3 Å². The number of nitriles is 2. The molecule has 2 N–H and O–H groups in total. The summed E-state index contributed by atoms with van der Waals surface area (Å²) in [7, 11) is 1.66. The Labute approximate surface area is 176 Å². The number of nitrogens with zero attached hydrogens (tertiary/aromatic N) is 7. The molecule has 1 aliphatic rings. The number of anilines is 4. The highest BCUT2D eigenvalue weighted by Gasteiger charge is 2.23. The minimum absolute atomic E-state index is 0.338. The van der Waals surface area contributed by atoms with Crippen molar-refractivity contribution in [1.82, 2.24) is 9.97 Å². The second-order valence-corrected chi connectivity index (χ2v) is 6.91. The summed E-state index contributed by atoms with van der Waals surface area (Å²) in [5, 5.41) is 17.9. The molecular weight excluding hydrogens is 380 g/mol. The molecular formula is C21H26N8O. The molecule has 9 nitrogen and oxygen atoms in total. The van der Waals surface area contributed by atoms with E-state index < -0.39 is 0 Å². The summed E-state index contributed by atoms with van der Waals surface area (Å²) < 4.78 is 5.23. The van der Waals surface area contributed by atoms with Crippen LogP contribution in [0.5, 0.6) is 5.75 Å². The number of hydrogen-bond acceptors (Lipinski definition) is 9. The molecule has 0 spiro atoms. The van der Waals surface area contributed by atoms with Crippen molar-refractivity contribution in [3.05, 3.63) is 30.6 Å². The number of rotatable bonds is 8. The Hall–Kier alpha value is -3.72. The highest BCUT2D eigenvalue weighted by Crippen LogP contribution is 2.30. The Bertz CT molecular complexity index is 892. The molecule has 2 heterocycles. The number of nitrogen functional groups attached to an aromatic ring is 1. The molecule has 0 unspecified atom stereocenters. The third-order valence-corrected chi connectivity index (χ3v) is 5.15. The molecule has 2 aromatic rings. The number of nitrogens with two attached hydrogens (primary N) is 1. The minimum Gasteiger partial charge on any atom is -0.497 e. The first kappa shape index (κ1) is 21.0. The van der Waals surface area contributed by atoms with Gasteiger partial charge >= 0.3 is 0 Å². The first-order chi connectivity index (χ1) is 14.7. The Kier molecular flexibility index (Phi) is 7.12. The molecule has 9 heteroatoms. The maximum Gasteiger partial charge on any atom is 0.157 e. The van der Waals surface area contributed by atoms with Crippen LogP contribution in [0.2, 0.25) is 0 Å². The molecule has 1 fully saturated rings. The Morgan fingerprint density at radius 2 is 1.60 bits per heavy atom. The Morgan fingerprint density at radius 3 is 2.17 bits per heavy atom. The molecule has 0 bridgehead atoms. The van der Waals surface area contributed by atoms with Gasteiger partial charge in [-0.2, -0.15) is 10.5 Å². The van der Waals surface area contributed by atoms with Crippen molar-refractivity contribution in [3.8, 4) is 17.9 Å². The summed E-state index contributed by atoms with van der Waals surface area (Å²) in [5.74, 6) is 2.13. The van der Waals surface area contributed by atoms with Crippen molar-refractivity contribution in [2.24, 2.45) is 0 Å². The van der Waals surface area contributed by atoms with Crippen LogP contribution in [0.15, 0.2) is 30.6 Å². The molecule has 3 rings (SSSR count). The number of benzene rings is 1. The van der Waals surface area contributed by atoms with Gasteiger partial charge in [0.1, 0.15) is 17.8 Å². The summed E-state index contributed by atoms with van der Waals surface area (Å²) in [4.78, 5) is 15.1. The molecule has 0 aliphatic carbocycles. The normalized spacial score (nSPS) is 13.4. The molecule has 30 heavy (non-hydrogen) atoms. The zero-order valence-corrected chi connectivity index (χ0v) is 17.2. The lowest BCUT2D eigenvalue weighted by Gasteiger charge is -2.37. The predicted molar refractivity (Wildman–Crippen MR) is 117 cm³/mol. The summed E-state index contributed by atoms with van der Waals surface area (Å²) in [6, 6.07) is 12.3. The topological polar surface area (TPSA) is 118 Å². The van der Waals surface area contributed by atoms with Gasteiger partial charge in [-0.15, -0.1) is 0 Å². The van der Waals surface area contributed by atoms with Crippen LogP contribution < -0.4 is 25.2 Å². The predicted octanol–water partition coefficient (Wildman–Crippen LogP) is 2.03. The zero-order valence-electron chi connectivity index (χ0n) is 17.2. The Morgan fingerprint density at radius 1 is 1.00 bits per heavy atom. The monoisotopic (exact) mass is 406 g/mol. The van der Waals surface area contributed by atoms with E-state index >= 15 is 0 Å². The van der Waals surface area contributed by atoms with Crippen molar-refractivity contribution >= 4 is 23.0 Å². The lowest BCUT2D eigenvalue weighted by Crippen LogP contribution is -2.47. The van der Waals surface area contributed by atoms with Gasteiger partial charge in [0.2, 0.25) is 0 Å². The molecule has 0 radical (unpaired) electrons. The van der Waals surface area contributed by atoms with E-state index in [-0.39, 0.29) is 0 Å². The van der Waals surface area contributed by atoms with Crippen LogP contribution in [-0.2, 0) is 0 Å². The van der Waals surface area contributed by atoms with Crippen LogP contribution in [0.3, 0.4) is 0 Å². The molecule has 0 amide bonds. The lowest BCUT2D eigenvalue weighted by atomic mass is 10.2. The fraction of sp³-hybridized carbons (Fsp3) is 0.429. The fourth-order valence-electron chi connectivity index (χ4n) is 3.54. The Balaban J connectivity index is 1.71. The van der Waals surface area contributed by atoms with Crippen molar-refractivity contribution in [3.63, 3.8) is 0 Å². The highest BCUT2D eigenvalue weighted by molar-refractivity contribution is 5.76. The largest absolute Gasteiger partial charge is 0.497 e. The standard InChI is InChI=1S/C21H26N8O/c1-30-18-6-4-17(5-7-18)27-12-14-29(15-13-27)21-19(24)20(25-16-26-21)28(10-2-8-22)11-3-9-23/h4-7,16H,2-3,10-15,24H2,1H3. The van der Waals surface area contributed by atoms with Crippen LogP contribution >= 0.6 is 0 Å². The number of piperazine rings is 1. The van der Waals surface area contributed by atoms with E-state index in [4.69, 9.17) is 21.0 Å². The van der Waals surface area contributed by atoms with Crippen LogP contribution in [0.4, 0.5) is 23.0 Å². The van der Waals surface area contributed by atoms with Crippen LogP contribution in [0.25, 0.3) is 0 Å². The van der Waals surface area contributed by atoms with E-state index in [0.717, 1.165) is 37.6 Å². The summed E-state index contributed by atoms with van der Waals surface area (Å²) in [5.41, 5.74) is 8.08. The molecule has 1 aromatic carbocycles. The summed E-state index contributed by atoms with van der Waals surface area (Å²) in [6.45, 7) is 4.20. The third kappa shape index (κ3) is 4.81. The van der Waals surface area contributed by atoms with E-state index in [2.05, 4.69) is 44.0 Å². The van der Waals surface area contributed by atoms with Crippen molar-refractivity contribution in [2.45, 2.75) is 12.8 Å². The molecule has 1 saturated heterocycles. The van der Waals surface area contributed by atoms with E-state index in [1.54, 1.807) is 7.11 Å². The van der Waals surface area contributed by atoms with Crippen LogP contribution in [-0.4, -0.2) is 56.3 Å². The number of ether oxygens (including phenoxy) is 1. The van der Waals surface area contributed by atoms with Crippen LogP contribution in [0.1, 0.15) is 12.8 Å². The molecule has 1 aliphatic heterocycles. The van der Waals surface area contributed by atoms with Gasteiger partial charge in [0.05, 0.1) is 32.1 Å². The average molecular weight is 406 g/mol. The van der Waals surface area contributed by atoms with Gasteiger partial charge in [-0.25, -0.2) is 9.97 Å². The second kappa shape index (κ2) is 10.2. The smallest absolute Gasteiger partial charge is 0.157 e. The van der Waals surface area contributed by atoms with Gasteiger partial charge in [-0.1, -0.05) is 0 Å². The van der Waals surface area contributed by atoms with Gasteiger partial charge in [0.25, 0.3) is 0 Å². The van der Waals surface area contributed by atoms with Gasteiger partial charge < -0.3 is 25.2 Å². The summed E-state index contributed by atoms with van der Waals surface area (Å²) >= 11 is 0. The first-order valence-electron chi connectivity index (χ1n) is 9.91. The third-order valence-electron chi connectivity index (χ3n) is 5.15. The van der Waals surface area contributed by atoms with E-state index in [0.29, 0.717) is 43.3 Å². The van der Waals surface area contributed by atoms with Crippen molar-refractivity contribution in [1.29, 1.82) is 10.5 Å². The maximum atomic E-state index is 8.94. The molecule has 156 valence electrons. The van der Waals surface area contributed by atoms with Crippen molar-refractivity contribution < 1.29 is 4.74 Å². The highest BCUT2D eigenvalue weighted by atomic mass is 16.5. The van der Waals surface area contributed by atoms with E-state index in [1.807, 2.05) is 17.0 Å². The SMILES string of the molecule is COc1ccc(N2CCN(c3ncnc(N(CCC#N)CCC#N)c3N)CC2)cc1. The fourth-order valence-corrected chi connectivity index (χ4v) is 3.54. The first-order valence-corrected chi connectivity index (χ1v) is 9.91. The van der Waals surface area contributed by atoms with Gasteiger partial charge in [0, 0.05) is 45.0 Å². The average Bonchev–Trinajstić information content (AvgIpc) is 2.80. The number of methoxy groups -OCH3 is 1. The lowest BCUT2D eigenvalue weighted by molar-refractivity contribution is 0.415. The van der Waals surface area contributed by atoms with Gasteiger partial charge in [-0.3, -0.25) is 0 Å². The quantitative estimate of drug-likeness (QED) is 0.702. The zero-order chi connectivity index (χ0) is 21.3. The number of aromatic nitrogens is 2. The maximum absolute atomic E-state index is 8.94. The van der Waals surface area contributed by atoms with Crippen molar-refractivity contribution in [2.75, 3.05) is 66.8 Å².